The van der Waals surface area contributed by atoms with Crippen molar-refractivity contribution in [3.8, 4) is 0 Å². The monoisotopic (exact) mass is 308 g/mol. The van der Waals surface area contributed by atoms with Crippen molar-refractivity contribution in [1.82, 2.24) is 5.32 Å². The molecule has 0 aliphatic heterocycles. The van der Waals surface area contributed by atoms with Gasteiger partial charge in [0.1, 0.15) is 6.61 Å². The molecule has 7 heteroatoms. The molecule has 1 rings (SSSR count). The first kappa shape index (κ1) is 17.5. The summed E-state index contributed by atoms with van der Waals surface area (Å²) in [4.78, 5) is 33.9. The molecule has 1 aromatic carbocycles. The summed E-state index contributed by atoms with van der Waals surface area (Å²) in [6.07, 6.45) is -0.419. The van der Waals surface area contributed by atoms with E-state index in [-0.39, 0.29) is 25.9 Å². The molecule has 0 aliphatic carbocycles. The highest BCUT2D eigenvalue weighted by Crippen LogP contribution is 2.05. The normalized spacial score (nSPS) is 11.3. The molecule has 0 spiro atoms. The highest BCUT2D eigenvalue weighted by molar-refractivity contribution is 5.75. The van der Waals surface area contributed by atoms with Gasteiger partial charge in [-0.25, -0.2) is 4.79 Å². The molecule has 2 amide bonds. The lowest BCUT2D eigenvalue weighted by atomic mass is 10.1. The second-order valence-corrected chi connectivity index (χ2v) is 4.69. The van der Waals surface area contributed by atoms with E-state index in [4.69, 9.17) is 10.5 Å². The number of benzene rings is 1. The van der Waals surface area contributed by atoms with Crippen molar-refractivity contribution >= 4 is 18.0 Å². The minimum Gasteiger partial charge on any atom is -0.469 e. The topological polar surface area (TPSA) is 108 Å². The van der Waals surface area contributed by atoms with Gasteiger partial charge in [0.15, 0.2) is 0 Å². The van der Waals surface area contributed by atoms with E-state index in [1.165, 1.54) is 7.11 Å². The fraction of sp³-hybridized carbons (Fsp3) is 0.400. The first-order valence-electron chi connectivity index (χ1n) is 6.83. The van der Waals surface area contributed by atoms with Gasteiger partial charge in [-0.2, -0.15) is 0 Å². The summed E-state index contributed by atoms with van der Waals surface area (Å²) in [5.74, 6) is -0.993. The lowest BCUT2D eigenvalue weighted by Crippen LogP contribution is -2.37. The SMILES string of the molecule is COC(=O)CC(CCC(N)=O)NC(=O)OCc1ccccc1. The molecule has 0 saturated carbocycles. The zero-order valence-electron chi connectivity index (χ0n) is 12.4. The Labute approximate surface area is 128 Å². The van der Waals surface area contributed by atoms with Crippen LogP contribution in [0.1, 0.15) is 24.8 Å². The van der Waals surface area contributed by atoms with Gasteiger partial charge in [-0.1, -0.05) is 30.3 Å². The third kappa shape index (κ3) is 7.28. The summed E-state index contributed by atoms with van der Waals surface area (Å²) >= 11 is 0. The Morgan fingerprint density at radius 1 is 1.23 bits per heavy atom. The van der Waals surface area contributed by atoms with Crippen molar-refractivity contribution in [3.63, 3.8) is 0 Å². The number of hydrogen-bond donors (Lipinski definition) is 2. The van der Waals surface area contributed by atoms with Crippen LogP contribution in [0.3, 0.4) is 0 Å². The van der Waals surface area contributed by atoms with E-state index in [1.807, 2.05) is 30.3 Å². The minimum absolute atomic E-state index is 0.0514. The first-order valence-corrected chi connectivity index (χ1v) is 6.83. The second kappa shape index (κ2) is 9.38. The predicted molar refractivity (Wildman–Crippen MR) is 78.6 cm³/mol. The smallest absolute Gasteiger partial charge is 0.407 e. The van der Waals surface area contributed by atoms with E-state index in [0.717, 1.165) is 5.56 Å². The molecule has 0 heterocycles. The molecule has 1 unspecified atom stereocenters. The van der Waals surface area contributed by atoms with Crippen molar-refractivity contribution in [2.24, 2.45) is 5.73 Å². The molecule has 1 aromatic rings. The molecule has 120 valence electrons. The molecule has 0 fully saturated rings. The van der Waals surface area contributed by atoms with Crippen molar-refractivity contribution in [3.05, 3.63) is 35.9 Å². The van der Waals surface area contributed by atoms with E-state index in [1.54, 1.807) is 0 Å². The summed E-state index contributed by atoms with van der Waals surface area (Å²) in [6, 6.07) is 8.62. The van der Waals surface area contributed by atoms with Gasteiger partial charge >= 0.3 is 12.1 Å². The fourth-order valence-electron chi connectivity index (χ4n) is 1.76. The van der Waals surface area contributed by atoms with Gasteiger partial charge in [0.25, 0.3) is 0 Å². The molecule has 0 aromatic heterocycles. The standard InChI is InChI=1S/C15H20N2O5/c1-21-14(19)9-12(7-8-13(16)18)17-15(20)22-10-11-5-3-2-4-6-11/h2-6,12H,7-10H2,1H3,(H2,16,18)(H,17,20). The number of nitrogens with two attached hydrogens (primary N) is 1. The number of methoxy groups -OCH3 is 1. The molecular weight excluding hydrogens is 288 g/mol. The number of nitrogens with one attached hydrogen (secondary N) is 1. The maximum absolute atomic E-state index is 11.7. The van der Waals surface area contributed by atoms with Crippen molar-refractivity contribution in [1.29, 1.82) is 0 Å². The Balaban J connectivity index is 2.46. The van der Waals surface area contributed by atoms with E-state index >= 15 is 0 Å². The number of hydrogen-bond acceptors (Lipinski definition) is 5. The number of rotatable bonds is 8. The number of ether oxygens (including phenoxy) is 2. The zero-order chi connectivity index (χ0) is 16.4. The number of amides is 2. The highest BCUT2D eigenvalue weighted by Gasteiger charge is 2.18. The quantitative estimate of drug-likeness (QED) is 0.699. The number of carbonyl (C=O) groups excluding carboxylic acids is 3. The van der Waals surface area contributed by atoms with Gasteiger partial charge in [-0.15, -0.1) is 0 Å². The summed E-state index contributed by atoms with van der Waals surface area (Å²) in [5, 5.41) is 2.54. The highest BCUT2D eigenvalue weighted by atomic mass is 16.5. The minimum atomic E-state index is -0.665. The largest absolute Gasteiger partial charge is 0.469 e. The third-order valence-electron chi connectivity index (χ3n) is 2.91. The Morgan fingerprint density at radius 3 is 2.50 bits per heavy atom. The lowest BCUT2D eigenvalue weighted by Gasteiger charge is -2.17. The first-order chi connectivity index (χ1) is 10.5. The van der Waals surface area contributed by atoms with Crippen molar-refractivity contribution < 1.29 is 23.9 Å². The number of esters is 1. The predicted octanol–water partition coefficient (Wildman–Crippen LogP) is 1.11. The lowest BCUT2D eigenvalue weighted by molar-refractivity contribution is -0.141. The van der Waals surface area contributed by atoms with E-state index in [0.29, 0.717) is 0 Å². The average molecular weight is 308 g/mol. The molecule has 1 atom stereocenters. The van der Waals surface area contributed by atoms with Crippen LogP contribution in [-0.2, 0) is 25.7 Å². The second-order valence-electron chi connectivity index (χ2n) is 4.69. The molecule has 0 bridgehead atoms. The summed E-state index contributed by atoms with van der Waals surface area (Å²) in [7, 11) is 1.25. The van der Waals surface area contributed by atoms with Gasteiger partial charge < -0.3 is 20.5 Å². The van der Waals surface area contributed by atoms with E-state index in [9.17, 15) is 14.4 Å². The Kier molecular flexibility index (Phi) is 7.45. The van der Waals surface area contributed by atoms with Gasteiger partial charge in [0.2, 0.25) is 5.91 Å². The number of alkyl carbamates (subject to hydrolysis) is 1. The van der Waals surface area contributed by atoms with E-state index < -0.39 is 24.0 Å². The molecule has 0 aliphatic rings. The van der Waals surface area contributed by atoms with Crippen LogP contribution in [0.2, 0.25) is 0 Å². The molecule has 22 heavy (non-hydrogen) atoms. The third-order valence-corrected chi connectivity index (χ3v) is 2.91. The van der Waals surface area contributed by atoms with Gasteiger partial charge in [-0.3, -0.25) is 9.59 Å². The van der Waals surface area contributed by atoms with Crippen molar-refractivity contribution in [2.45, 2.75) is 31.9 Å². The van der Waals surface area contributed by atoms with Gasteiger partial charge in [0.05, 0.1) is 13.5 Å². The van der Waals surface area contributed by atoms with Crippen LogP contribution in [-0.4, -0.2) is 31.1 Å². The molecular formula is C15H20N2O5. The van der Waals surface area contributed by atoms with Crippen LogP contribution in [0.25, 0.3) is 0 Å². The van der Waals surface area contributed by atoms with Crippen LogP contribution in [0.15, 0.2) is 30.3 Å². The summed E-state index contributed by atoms with van der Waals surface area (Å²) in [6.45, 7) is 0.118. The number of carbonyl (C=O) groups is 3. The van der Waals surface area contributed by atoms with Gasteiger partial charge in [-0.05, 0) is 12.0 Å². The zero-order valence-corrected chi connectivity index (χ0v) is 12.4. The van der Waals surface area contributed by atoms with Crippen LogP contribution < -0.4 is 11.1 Å². The molecule has 3 N–H and O–H groups in total. The van der Waals surface area contributed by atoms with Crippen LogP contribution in [0.4, 0.5) is 4.79 Å². The van der Waals surface area contributed by atoms with Crippen LogP contribution in [0.5, 0.6) is 0 Å². The average Bonchev–Trinajstić information content (AvgIpc) is 2.51. The Hall–Kier alpha value is -2.57. The molecule has 7 nitrogen and oxygen atoms in total. The van der Waals surface area contributed by atoms with Gasteiger partial charge in [0, 0.05) is 12.5 Å². The van der Waals surface area contributed by atoms with Crippen LogP contribution >= 0.6 is 0 Å². The Bertz CT molecular complexity index is 504. The fourth-order valence-corrected chi connectivity index (χ4v) is 1.76. The van der Waals surface area contributed by atoms with Crippen LogP contribution in [0, 0.1) is 0 Å². The summed E-state index contributed by atoms with van der Waals surface area (Å²) < 4.78 is 9.61. The Morgan fingerprint density at radius 2 is 1.91 bits per heavy atom. The van der Waals surface area contributed by atoms with E-state index in [2.05, 4.69) is 10.1 Å². The molecule has 0 saturated heterocycles. The maximum Gasteiger partial charge on any atom is 0.407 e. The maximum atomic E-state index is 11.7. The summed E-state index contributed by atoms with van der Waals surface area (Å²) in [5.41, 5.74) is 5.92. The van der Waals surface area contributed by atoms with Crippen molar-refractivity contribution in [2.75, 3.05) is 7.11 Å². The molecule has 0 radical (unpaired) electrons. The number of primary amides is 1.